The number of carbonyl (C=O) groups excluding carboxylic acids is 2. The number of halogens is 1. The van der Waals surface area contributed by atoms with Crippen LogP contribution in [0, 0.1) is 0 Å². The summed E-state index contributed by atoms with van der Waals surface area (Å²) in [7, 11) is 1.62. The number of hydrogen-bond donors (Lipinski definition) is 1. The van der Waals surface area contributed by atoms with Crippen LogP contribution in [-0.4, -0.2) is 42.2 Å². The lowest BCUT2D eigenvalue weighted by Crippen LogP contribution is -2.49. The zero-order valence-corrected chi connectivity index (χ0v) is 20.7. The normalized spacial score (nSPS) is 11.6. The van der Waals surface area contributed by atoms with Crippen molar-refractivity contribution in [1.82, 2.24) is 10.2 Å². The summed E-state index contributed by atoms with van der Waals surface area (Å²) in [6, 6.07) is 14.8. The van der Waals surface area contributed by atoms with Gasteiger partial charge in [-0.05, 0) is 67.0 Å². The summed E-state index contributed by atoms with van der Waals surface area (Å²) >= 11 is 7.63. The molecule has 0 aliphatic rings. The van der Waals surface area contributed by atoms with Crippen molar-refractivity contribution in [3.63, 3.8) is 0 Å². The van der Waals surface area contributed by atoms with E-state index in [-0.39, 0.29) is 11.8 Å². The molecule has 7 heteroatoms. The van der Waals surface area contributed by atoms with Gasteiger partial charge in [0.25, 0.3) is 0 Å². The van der Waals surface area contributed by atoms with Crippen LogP contribution in [0.3, 0.4) is 0 Å². The molecule has 0 bridgehead atoms. The Kier molecular flexibility index (Phi) is 11.5. The molecule has 0 spiro atoms. The van der Waals surface area contributed by atoms with Crippen LogP contribution in [0.4, 0.5) is 0 Å². The molecule has 2 amide bonds. The van der Waals surface area contributed by atoms with Gasteiger partial charge in [0, 0.05) is 29.4 Å². The van der Waals surface area contributed by atoms with Gasteiger partial charge in [0.2, 0.25) is 11.8 Å². The molecule has 174 valence electrons. The lowest BCUT2D eigenvalue weighted by molar-refractivity contribution is -0.141. The molecule has 0 saturated heterocycles. The molecule has 0 aliphatic carbocycles. The number of rotatable bonds is 13. The number of thioether (sulfide) groups is 1. The maximum atomic E-state index is 13.2. The summed E-state index contributed by atoms with van der Waals surface area (Å²) in [4.78, 5) is 28.9. The Bertz CT molecular complexity index is 861. The van der Waals surface area contributed by atoms with E-state index < -0.39 is 6.04 Å². The predicted molar refractivity (Wildman–Crippen MR) is 132 cm³/mol. The third-order valence-corrected chi connectivity index (χ3v) is 6.39. The molecule has 1 atom stereocenters. The molecule has 0 heterocycles. The summed E-state index contributed by atoms with van der Waals surface area (Å²) < 4.78 is 5.32. The Morgan fingerprint density at radius 2 is 1.91 bits per heavy atom. The van der Waals surface area contributed by atoms with Gasteiger partial charge in [-0.2, -0.15) is 0 Å². The van der Waals surface area contributed by atoms with Crippen LogP contribution in [0.15, 0.2) is 53.4 Å². The Labute approximate surface area is 200 Å². The van der Waals surface area contributed by atoms with E-state index in [9.17, 15) is 9.59 Å². The standard InChI is InChI=1S/C25H33ClN2O3S/c1-4-15-27-25(30)23(5-2)28(18-19-8-6-9-21(17-19)31-3)24(29)10-7-16-32-22-13-11-20(26)12-14-22/h6,8-9,11-14,17,23H,4-5,7,10,15-16,18H2,1-3H3,(H,27,30)/t23-/m0/s1. The van der Waals surface area contributed by atoms with Gasteiger partial charge in [-0.3, -0.25) is 9.59 Å². The van der Waals surface area contributed by atoms with Crippen LogP contribution < -0.4 is 10.1 Å². The third-order valence-electron chi connectivity index (χ3n) is 5.04. The molecule has 0 saturated carbocycles. The van der Waals surface area contributed by atoms with Crippen molar-refractivity contribution in [3.8, 4) is 5.75 Å². The minimum Gasteiger partial charge on any atom is -0.497 e. The Morgan fingerprint density at radius 1 is 1.16 bits per heavy atom. The fourth-order valence-electron chi connectivity index (χ4n) is 3.34. The van der Waals surface area contributed by atoms with Crippen LogP contribution in [0.2, 0.25) is 5.02 Å². The van der Waals surface area contributed by atoms with Crippen molar-refractivity contribution in [3.05, 3.63) is 59.1 Å². The van der Waals surface area contributed by atoms with E-state index in [1.165, 1.54) is 0 Å². The number of ether oxygens (including phenoxy) is 1. The predicted octanol–water partition coefficient (Wildman–Crippen LogP) is 5.55. The first kappa shape index (κ1) is 26.1. The molecule has 0 unspecified atom stereocenters. The molecule has 0 fully saturated rings. The van der Waals surface area contributed by atoms with Gasteiger partial charge in [-0.1, -0.05) is 37.6 Å². The number of hydrogen-bond acceptors (Lipinski definition) is 4. The summed E-state index contributed by atoms with van der Waals surface area (Å²) in [5.74, 6) is 1.45. The lowest BCUT2D eigenvalue weighted by atomic mass is 10.1. The van der Waals surface area contributed by atoms with E-state index in [2.05, 4.69) is 5.32 Å². The first-order chi connectivity index (χ1) is 15.5. The number of benzene rings is 2. The molecule has 32 heavy (non-hydrogen) atoms. The Morgan fingerprint density at radius 3 is 2.56 bits per heavy atom. The highest BCUT2D eigenvalue weighted by atomic mass is 35.5. The molecule has 2 rings (SSSR count). The number of methoxy groups -OCH3 is 1. The average molecular weight is 477 g/mol. The van der Waals surface area contributed by atoms with Gasteiger partial charge >= 0.3 is 0 Å². The van der Waals surface area contributed by atoms with Crippen LogP contribution in [0.5, 0.6) is 5.75 Å². The maximum Gasteiger partial charge on any atom is 0.242 e. The maximum absolute atomic E-state index is 13.2. The summed E-state index contributed by atoms with van der Waals surface area (Å²) in [6.45, 7) is 4.93. The smallest absolute Gasteiger partial charge is 0.242 e. The van der Waals surface area contributed by atoms with Crippen molar-refractivity contribution in [1.29, 1.82) is 0 Å². The molecule has 0 aliphatic heterocycles. The Balaban J connectivity index is 2.06. The van der Waals surface area contributed by atoms with E-state index in [0.29, 0.717) is 31.0 Å². The van der Waals surface area contributed by atoms with E-state index >= 15 is 0 Å². The van der Waals surface area contributed by atoms with E-state index in [4.69, 9.17) is 16.3 Å². The molecule has 2 aromatic rings. The summed E-state index contributed by atoms with van der Waals surface area (Å²) in [5.41, 5.74) is 0.940. The number of nitrogens with zero attached hydrogens (tertiary/aromatic N) is 1. The molecule has 5 nitrogen and oxygen atoms in total. The lowest BCUT2D eigenvalue weighted by Gasteiger charge is -2.31. The number of amides is 2. The topological polar surface area (TPSA) is 58.6 Å². The van der Waals surface area contributed by atoms with Crippen molar-refractivity contribution in [2.75, 3.05) is 19.4 Å². The molecule has 0 radical (unpaired) electrons. The monoisotopic (exact) mass is 476 g/mol. The zero-order chi connectivity index (χ0) is 23.3. The fourth-order valence-corrected chi connectivity index (χ4v) is 4.32. The quantitative estimate of drug-likeness (QED) is 0.304. The van der Waals surface area contributed by atoms with Crippen LogP contribution in [0.1, 0.15) is 45.1 Å². The Hall–Kier alpha value is -2.18. The van der Waals surface area contributed by atoms with Crippen molar-refractivity contribution in [2.24, 2.45) is 0 Å². The summed E-state index contributed by atoms with van der Waals surface area (Å²) in [6.07, 6.45) is 2.54. The highest BCUT2D eigenvalue weighted by Crippen LogP contribution is 2.23. The van der Waals surface area contributed by atoms with Crippen LogP contribution in [0.25, 0.3) is 0 Å². The number of carbonyl (C=O) groups is 2. The van der Waals surface area contributed by atoms with Gasteiger partial charge in [-0.15, -0.1) is 11.8 Å². The highest BCUT2D eigenvalue weighted by Gasteiger charge is 2.28. The third kappa shape index (κ3) is 8.40. The van der Waals surface area contributed by atoms with Crippen molar-refractivity contribution < 1.29 is 14.3 Å². The first-order valence-electron chi connectivity index (χ1n) is 11.1. The molecular weight excluding hydrogens is 444 g/mol. The second-order valence-electron chi connectivity index (χ2n) is 7.49. The molecular formula is C25H33ClN2O3S. The first-order valence-corrected chi connectivity index (χ1v) is 12.4. The van der Waals surface area contributed by atoms with E-state index in [1.54, 1.807) is 23.8 Å². The minimum atomic E-state index is -0.496. The number of nitrogens with one attached hydrogen (secondary N) is 1. The highest BCUT2D eigenvalue weighted by molar-refractivity contribution is 7.99. The van der Waals surface area contributed by atoms with Crippen LogP contribution >= 0.6 is 23.4 Å². The average Bonchev–Trinajstić information content (AvgIpc) is 2.81. The van der Waals surface area contributed by atoms with Gasteiger partial charge in [0.05, 0.1) is 7.11 Å². The minimum absolute atomic E-state index is 0.0111. The molecule has 0 aromatic heterocycles. The SMILES string of the molecule is CCCNC(=O)[C@H](CC)N(Cc1cccc(OC)c1)C(=O)CCCSc1ccc(Cl)cc1. The molecule has 2 aromatic carbocycles. The fraction of sp³-hybridized carbons (Fsp3) is 0.440. The van der Waals surface area contributed by atoms with Gasteiger partial charge in [0.1, 0.15) is 11.8 Å². The largest absolute Gasteiger partial charge is 0.497 e. The van der Waals surface area contributed by atoms with E-state index in [1.807, 2.05) is 62.4 Å². The van der Waals surface area contributed by atoms with Crippen molar-refractivity contribution in [2.45, 2.75) is 57.0 Å². The van der Waals surface area contributed by atoms with E-state index in [0.717, 1.165) is 34.8 Å². The second kappa shape index (κ2) is 14.1. The second-order valence-corrected chi connectivity index (χ2v) is 9.10. The van der Waals surface area contributed by atoms with Crippen LogP contribution in [-0.2, 0) is 16.1 Å². The van der Waals surface area contributed by atoms with Gasteiger partial charge in [-0.25, -0.2) is 0 Å². The van der Waals surface area contributed by atoms with Crippen molar-refractivity contribution >= 4 is 35.2 Å². The zero-order valence-electron chi connectivity index (χ0n) is 19.1. The van der Waals surface area contributed by atoms with Gasteiger partial charge < -0.3 is 15.0 Å². The summed E-state index contributed by atoms with van der Waals surface area (Å²) in [5, 5.41) is 3.66. The van der Waals surface area contributed by atoms with Gasteiger partial charge in [0.15, 0.2) is 0 Å². The molecule has 1 N–H and O–H groups in total.